The minimum Gasteiger partial charge on any atom is -0.459 e. The second-order valence-corrected chi connectivity index (χ2v) is 8.43. The number of thiophene rings is 1. The molecular weight excluding hydrogens is 416 g/mol. The van der Waals surface area contributed by atoms with E-state index in [9.17, 15) is 14.4 Å². The minimum absolute atomic E-state index is 0.178. The molecule has 2 aromatic heterocycles. The van der Waals surface area contributed by atoms with E-state index in [0.717, 1.165) is 23.3 Å². The SMILES string of the molecule is Cc1cc(NC(=O)c2ccco2)sc1C(=O)OC(C)C(=O)N1CCc2ccccc2C1. The van der Waals surface area contributed by atoms with Gasteiger partial charge in [-0.2, -0.15) is 0 Å². The number of benzene rings is 1. The average molecular weight is 439 g/mol. The van der Waals surface area contributed by atoms with Gasteiger partial charge in [-0.05, 0) is 55.2 Å². The van der Waals surface area contributed by atoms with Crippen LogP contribution in [0.3, 0.4) is 0 Å². The molecule has 0 radical (unpaired) electrons. The lowest BCUT2D eigenvalue weighted by Gasteiger charge is -2.30. The van der Waals surface area contributed by atoms with E-state index in [1.54, 1.807) is 36.9 Å². The molecule has 0 aliphatic carbocycles. The van der Waals surface area contributed by atoms with Gasteiger partial charge in [0.2, 0.25) is 0 Å². The number of fused-ring (bicyclic) bond motifs is 1. The molecule has 1 N–H and O–H groups in total. The van der Waals surface area contributed by atoms with Crippen LogP contribution in [-0.4, -0.2) is 35.3 Å². The van der Waals surface area contributed by atoms with Gasteiger partial charge in [0, 0.05) is 13.1 Å². The van der Waals surface area contributed by atoms with Crippen molar-refractivity contribution in [2.75, 3.05) is 11.9 Å². The number of hydrogen-bond donors (Lipinski definition) is 1. The largest absolute Gasteiger partial charge is 0.459 e. The lowest BCUT2D eigenvalue weighted by atomic mass is 9.99. The molecule has 3 aromatic rings. The number of rotatable bonds is 5. The molecule has 0 fully saturated rings. The summed E-state index contributed by atoms with van der Waals surface area (Å²) < 4.78 is 10.5. The second-order valence-electron chi connectivity index (χ2n) is 7.38. The molecule has 0 spiro atoms. The number of carbonyl (C=O) groups excluding carboxylic acids is 3. The van der Waals surface area contributed by atoms with Gasteiger partial charge in [-0.3, -0.25) is 9.59 Å². The van der Waals surface area contributed by atoms with Crippen molar-refractivity contribution in [3.05, 3.63) is 76.1 Å². The number of anilines is 1. The molecule has 4 rings (SSSR count). The summed E-state index contributed by atoms with van der Waals surface area (Å²) in [6.45, 7) is 4.45. The highest BCUT2D eigenvalue weighted by atomic mass is 32.1. The van der Waals surface area contributed by atoms with E-state index < -0.39 is 18.0 Å². The summed E-state index contributed by atoms with van der Waals surface area (Å²) in [6, 6.07) is 12.9. The molecule has 1 aliphatic heterocycles. The molecule has 8 heteroatoms. The number of nitrogens with one attached hydrogen (secondary N) is 1. The fraction of sp³-hybridized carbons (Fsp3) is 0.261. The Labute approximate surface area is 183 Å². The predicted octanol–water partition coefficient (Wildman–Crippen LogP) is 4.03. The molecule has 1 aliphatic rings. The Kier molecular flexibility index (Phi) is 5.90. The number of nitrogens with zero attached hydrogens (tertiary/aromatic N) is 1. The van der Waals surface area contributed by atoms with Gasteiger partial charge in [-0.1, -0.05) is 24.3 Å². The molecule has 1 atom stereocenters. The van der Waals surface area contributed by atoms with Crippen LogP contribution in [0.5, 0.6) is 0 Å². The molecule has 7 nitrogen and oxygen atoms in total. The maximum atomic E-state index is 12.8. The van der Waals surface area contributed by atoms with Crippen molar-refractivity contribution < 1.29 is 23.5 Å². The third kappa shape index (κ3) is 4.54. The summed E-state index contributed by atoms with van der Waals surface area (Å²) in [5.41, 5.74) is 3.03. The van der Waals surface area contributed by atoms with Gasteiger partial charge in [0.05, 0.1) is 11.3 Å². The van der Waals surface area contributed by atoms with Crippen molar-refractivity contribution in [1.29, 1.82) is 0 Å². The van der Waals surface area contributed by atoms with Crippen LogP contribution in [0.1, 0.15) is 43.8 Å². The highest BCUT2D eigenvalue weighted by Gasteiger charge is 2.28. The zero-order valence-corrected chi connectivity index (χ0v) is 18.0. The molecule has 1 unspecified atom stereocenters. The minimum atomic E-state index is -0.902. The molecule has 1 aromatic carbocycles. The molecule has 2 amide bonds. The Morgan fingerprint density at radius 3 is 2.68 bits per heavy atom. The maximum absolute atomic E-state index is 12.8. The van der Waals surface area contributed by atoms with Crippen LogP contribution in [0.2, 0.25) is 0 Å². The highest BCUT2D eigenvalue weighted by Crippen LogP contribution is 2.28. The van der Waals surface area contributed by atoms with Gasteiger partial charge in [0.25, 0.3) is 11.8 Å². The van der Waals surface area contributed by atoms with E-state index in [0.29, 0.717) is 28.5 Å². The highest BCUT2D eigenvalue weighted by molar-refractivity contribution is 7.18. The number of aryl methyl sites for hydroxylation is 1. The van der Waals surface area contributed by atoms with Crippen molar-refractivity contribution >= 4 is 34.1 Å². The van der Waals surface area contributed by atoms with E-state index in [1.807, 2.05) is 18.2 Å². The molecule has 0 saturated carbocycles. The topological polar surface area (TPSA) is 88.9 Å². The number of esters is 1. The molecule has 31 heavy (non-hydrogen) atoms. The van der Waals surface area contributed by atoms with E-state index in [2.05, 4.69) is 11.4 Å². The second kappa shape index (κ2) is 8.77. The lowest BCUT2D eigenvalue weighted by molar-refractivity contribution is -0.140. The summed E-state index contributed by atoms with van der Waals surface area (Å²) in [5, 5.41) is 3.20. The smallest absolute Gasteiger partial charge is 0.349 e. The summed E-state index contributed by atoms with van der Waals surface area (Å²) in [5.74, 6) is -1.03. The van der Waals surface area contributed by atoms with Gasteiger partial charge in [-0.25, -0.2) is 4.79 Å². The van der Waals surface area contributed by atoms with Crippen molar-refractivity contribution in [3.63, 3.8) is 0 Å². The maximum Gasteiger partial charge on any atom is 0.349 e. The molecular formula is C23H22N2O5S. The Balaban J connectivity index is 1.38. The third-order valence-corrected chi connectivity index (χ3v) is 6.29. The third-order valence-electron chi connectivity index (χ3n) is 5.16. The number of hydrogen-bond acceptors (Lipinski definition) is 6. The molecule has 0 saturated heterocycles. The average Bonchev–Trinajstić information content (AvgIpc) is 3.42. The summed E-state index contributed by atoms with van der Waals surface area (Å²) >= 11 is 1.10. The van der Waals surface area contributed by atoms with Crippen molar-refractivity contribution in [2.45, 2.75) is 32.9 Å². The van der Waals surface area contributed by atoms with Crippen molar-refractivity contribution in [3.8, 4) is 0 Å². The first-order valence-electron chi connectivity index (χ1n) is 9.94. The molecule has 3 heterocycles. The number of carbonyl (C=O) groups is 3. The van der Waals surface area contributed by atoms with E-state index in [-0.39, 0.29) is 11.7 Å². The Morgan fingerprint density at radius 1 is 1.16 bits per heavy atom. The lowest BCUT2D eigenvalue weighted by Crippen LogP contribution is -2.42. The standard InChI is InChI=1S/C23H22N2O5S/c1-14-12-19(24-21(26)18-8-5-11-29-18)31-20(14)23(28)30-15(2)22(27)25-10-9-16-6-3-4-7-17(16)13-25/h3-8,11-12,15H,9-10,13H2,1-2H3,(H,24,26). The van der Waals surface area contributed by atoms with Gasteiger partial charge in [0.15, 0.2) is 11.9 Å². The molecule has 160 valence electrons. The normalized spacial score (nSPS) is 13.9. The summed E-state index contributed by atoms with van der Waals surface area (Å²) in [4.78, 5) is 39.7. The van der Waals surface area contributed by atoms with Crippen LogP contribution >= 0.6 is 11.3 Å². The van der Waals surface area contributed by atoms with Gasteiger partial charge in [-0.15, -0.1) is 11.3 Å². The van der Waals surface area contributed by atoms with Crippen LogP contribution < -0.4 is 5.32 Å². The van der Waals surface area contributed by atoms with Crippen molar-refractivity contribution in [2.24, 2.45) is 0 Å². The Morgan fingerprint density at radius 2 is 1.94 bits per heavy atom. The Hall–Kier alpha value is -3.39. The number of amides is 2. The first-order valence-corrected chi connectivity index (χ1v) is 10.8. The van der Waals surface area contributed by atoms with Gasteiger partial charge >= 0.3 is 5.97 Å². The monoisotopic (exact) mass is 438 g/mol. The predicted molar refractivity (Wildman–Crippen MR) is 116 cm³/mol. The van der Waals surface area contributed by atoms with Gasteiger partial charge < -0.3 is 19.4 Å². The van der Waals surface area contributed by atoms with Crippen LogP contribution in [0.4, 0.5) is 5.00 Å². The molecule has 0 bridgehead atoms. The number of furan rings is 1. The van der Waals surface area contributed by atoms with Crippen LogP contribution in [0, 0.1) is 6.92 Å². The van der Waals surface area contributed by atoms with Crippen LogP contribution in [-0.2, 0) is 22.5 Å². The number of ether oxygens (including phenoxy) is 1. The van der Waals surface area contributed by atoms with Crippen LogP contribution in [0.25, 0.3) is 0 Å². The van der Waals surface area contributed by atoms with Crippen molar-refractivity contribution in [1.82, 2.24) is 4.90 Å². The fourth-order valence-corrected chi connectivity index (χ4v) is 4.48. The Bertz CT molecular complexity index is 1120. The zero-order valence-electron chi connectivity index (χ0n) is 17.2. The summed E-state index contributed by atoms with van der Waals surface area (Å²) in [6.07, 6.45) is 1.29. The first kappa shape index (κ1) is 20.9. The van der Waals surface area contributed by atoms with E-state index >= 15 is 0 Å². The fourth-order valence-electron chi connectivity index (χ4n) is 3.53. The quantitative estimate of drug-likeness (QED) is 0.608. The van der Waals surface area contributed by atoms with E-state index in [1.165, 1.54) is 11.8 Å². The van der Waals surface area contributed by atoms with E-state index in [4.69, 9.17) is 9.15 Å². The van der Waals surface area contributed by atoms with Crippen LogP contribution in [0.15, 0.2) is 53.1 Å². The first-order chi connectivity index (χ1) is 14.9. The van der Waals surface area contributed by atoms with Gasteiger partial charge in [0.1, 0.15) is 4.88 Å². The summed E-state index contributed by atoms with van der Waals surface area (Å²) in [7, 11) is 0. The zero-order chi connectivity index (χ0) is 22.0.